The standard InChI is InChI=1S/C21H30FN5O2/c22-17-6-4-16(5-7-17)18-14-19(24-23-18)21(29)27-12-10-25(11-13-27)15-20(28)26-8-2-1-3-9-26/h4-7,18-19,23-24H,1-3,8-15H2. The Bertz CT molecular complexity index is 714. The van der Waals surface area contributed by atoms with Gasteiger partial charge in [-0.1, -0.05) is 12.1 Å². The molecule has 2 unspecified atom stereocenters. The Morgan fingerprint density at radius 3 is 2.28 bits per heavy atom. The summed E-state index contributed by atoms with van der Waals surface area (Å²) in [5.41, 5.74) is 7.21. The molecule has 0 saturated carbocycles. The molecule has 1 aromatic rings. The van der Waals surface area contributed by atoms with Gasteiger partial charge in [-0.2, -0.15) is 0 Å². The number of nitrogens with one attached hydrogen (secondary N) is 2. The summed E-state index contributed by atoms with van der Waals surface area (Å²) >= 11 is 0. The van der Waals surface area contributed by atoms with E-state index in [-0.39, 0.29) is 29.7 Å². The van der Waals surface area contributed by atoms with Crippen molar-refractivity contribution in [1.29, 1.82) is 0 Å². The monoisotopic (exact) mass is 403 g/mol. The summed E-state index contributed by atoms with van der Waals surface area (Å²) < 4.78 is 13.1. The highest BCUT2D eigenvalue weighted by atomic mass is 19.1. The first-order valence-electron chi connectivity index (χ1n) is 10.7. The lowest BCUT2D eigenvalue weighted by Gasteiger charge is -2.36. The Kier molecular flexibility index (Phi) is 6.42. The second-order valence-electron chi connectivity index (χ2n) is 8.22. The molecule has 0 radical (unpaired) electrons. The van der Waals surface area contributed by atoms with Gasteiger partial charge < -0.3 is 9.80 Å². The lowest BCUT2D eigenvalue weighted by molar-refractivity contribution is -0.136. The molecule has 29 heavy (non-hydrogen) atoms. The molecule has 7 nitrogen and oxygen atoms in total. The van der Waals surface area contributed by atoms with Crippen LogP contribution < -0.4 is 10.9 Å². The van der Waals surface area contributed by atoms with Gasteiger partial charge >= 0.3 is 0 Å². The molecule has 0 aliphatic carbocycles. The second-order valence-corrected chi connectivity index (χ2v) is 8.22. The first-order chi connectivity index (χ1) is 14.1. The van der Waals surface area contributed by atoms with Crippen molar-refractivity contribution < 1.29 is 14.0 Å². The Hall–Kier alpha value is -2.03. The molecular formula is C21H30FN5O2. The number of carbonyl (C=O) groups is 2. The van der Waals surface area contributed by atoms with Crippen LogP contribution in [0.3, 0.4) is 0 Å². The second kappa shape index (κ2) is 9.19. The minimum Gasteiger partial charge on any atom is -0.342 e. The molecule has 158 valence electrons. The molecular weight excluding hydrogens is 373 g/mol. The number of nitrogens with zero attached hydrogens (tertiary/aromatic N) is 3. The van der Waals surface area contributed by atoms with Crippen molar-refractivity contribution in [2.45, 2.75) is 37.8 Å². The molecule has 2 atom stereocenters. The minimum atomic E-state index is -0.286. The summed E-state index contributed by atoms with van der Waals surface area (Å²) in [5, 5.41) is 0. The molecule has 3 saturated heterocycles. The molecule has 8 heteroatoms. The van der Waals surface area contributed by atoms with Crippen LogP contribution in [0.25, 0.3) is 0 Å². The van der Waals surface area contributed by atoms with Gasteiger partial charge in [0.25, 0.3) is 0 Å². The number of benzene rings is 1. The fourth-order valence-electron chi connectivity index (χ4n) is 4.41. The van der Waals surface area contributed by atoms with Crippen LogP contribution >= 0.6 is 0 Å². The van der Waals surface area contributed by atoms with Gasteiger partial charge in [-0.25, -0.2) is 15.2 Å². The van der Waals surface area contributed by atoms with E-state index < -0.39 is 0 Å². The summed E-state index contributed by atoms with van der Waals surface area (Å²) in [6, 6.07) is 6.09. The van der Waals surface area contributed by atoms with Gasteiger partial charge in [-0.05, 0) is 43.4 Å². The summed E-state index contributed by atoms with van der Waals surface area (Å²) in [5.74, 6) is 0.0429. The minimum absolute atomic E-state index is 0.00648. The summed E-state index contributed by atoms with van der Waals surface area (Å²) in [4.78, 5) is 31.3. The van der Waals surface area contributed by atoms with Crippen LogP contribution in [0.5, 0.6) is 0 Å². The molecule has 0 aromatic heterocycles. The first-order valence-corrected chi connectivity index (χ1v) is 10.7. The average molecular weight is 404 g/mol. The number of hydrogen-bond donors (Lipinski definition) is 2. The van der Waals surface area contributed by atoms with Crippen LogP contribution in [-0.2, 0) is 9.59 Å². The highest BCUT2D eigenvalue weighted by molar-refractivity contribution is 5.82. The van der Waals surface area contributed by atoms with Crippen molar-refractivity contribution in [2.75, 3.05) is 45.8 Å². The topological polar surface area (TPSA) is 67.9 Å². The Balaban J connectivity index is 1.23. The molecule has 3 aliphatic heterocycles. The van der Waals surface area contributed by atoms with E-state index in [9.17, 15) is 14.0 Å². The molecule has 3 aliphatic rings. The van der Waals surface area contributed by atoms with Crippen molar-refractivity contribution in [1.82, 2.24) is 25.6 Å². The van der Waals surface area contributed by atoms with Crippen LogP contribution in [0.1, 0.15) is 37.3 Å². The molecule has 2 N–H and O–H groups in total. The number of hydrogen-bond acceptors (Lipinski definition) is 5. The van der Waals surface area contributed by atoms with E-state index in [4.69, 9.17) is 0 Å². The Morgan fingerprint density at radius 2 is 1.59 bits per heavy atom. The maximum Gasteiger partial charge on any atom is 0.241 e. The van der Waals surface area contributed by atoms with Gasteiger partial charge in [0.15, 0.2) is 0 Å². The van der Waals surface area contributed by atoms with Crippen molar-refractivity contribution in [3.05, 3.63) is 35.6 Å². The summed E-state index contributed by atoms with van der Waals surface area (Å²) in [6.45, 7) is 4.97. The third kappa shape index (κ3) is 4.94. The molecule has 0 bridgehead atoms. The fourth-order valence-corrected chi connectivity index (χ4v) is 4.41. The number of likely N-dealkylation sites (tertiary alicyclic amines) is 1. The van der Waals surface area contributed by atoms with Crippen LogP contribution in [0, 0.1) is 5.82 Å². The van der Waals surface area contributed by atoms with Crippen molar-refractivity contribution in [3.8, 4) is 0 Å². The van der Waals surface area contributed by atoms with Gasteiger partial charge in [-0.3, -0.25) is 14.5 Å². The lowest BCUT2D eigenvalue weighted by atomic mass is 10.0. The quantitative estimate of drug-likeness (QED) is 0.782. The number of piperazine rings is 1. The van der Waals surface area contributed by atoms with Crippen LogP contribution in [0.2, 0.25) is 0 Å². The predicted molar refractivity (Wildman–Crippen MR) is 107 cm³/mol. The zero-order valence-corrected chi connectivity index (χ0v) is 16.8. The SMILES string of the molecule is O=C(CN1CCN(C(=O)C2CC(c3ccc(F)cc3)NN2)CC1)N1CCCCC1. The zero-order chi connectivity index (χ0) is 20.2. The fraction of sp³-hybridized carbons (Fsp3) is 0.619. The van der Waals surface area contributed by atoms with E-state index in [1.54, 1.807) is 12.1 Å². The van der Waals surface area contributed by atoms with E-state index in [0.29, 0.717) is 26.1 Å². The van der Waals surface area contributed by atoms with E-state index in [0.717, 1.165) is 44.6 Å². The van der Waals surface area contributed by atoms with E-state index in [1.807, 2.05) is 9.80 Å². The molecule has 0 spiro atoms. The van der Waals surface area contributed by atoms with Crippen molar-refractivity contribution in [2.24, 2.45) is 0 Å². The van der Waals surface area contributed by atoms with E-state index >= 15 is 0 Å². The van der Waals surface area contributed by atoms with Gasteiger partial charge in [-0.15, -0.1) is 0 Å². The first kappa shape index (κ1) is 20.3. The van der Waals surface area contributed by atoms with Crippen LogP contribution in [0.15, 0.2) is 24.3 Å². The highest BCUT2D eigenvalue weighted by Gasteiger charge is 2.34. The van der Waals surface area contributed by atoms with Gasteiger partial charge in [0.05, 0.1) is 6.54 Å². The van der Waals surface area contributed by atoms with Gasteiger partial charge in [0.2, 0.25) is 11.8 Å². The maximum absolute atomic E-state index is 13.1. The van der Waals surface area contributed by atoms with Crippen molar-refractivity contribution >= 4 is 11.8 Å². The third-order valence-corrected chi connectivity index (χ3v) is 6.23. The number of rotatable bonds is 4. The third-order valence-electron chi connectivity index (χ3n) is 6.23. The van der Waals surface area contributed by atoms with Gasteiger partial charge in [0.1, 0.15) is 11.9 Å². The van der Waals surface area contributed by atoms with E-state index in [2.05, 4.69) is 15.8 Å². The number of piperidine rings is 1. The smallest absolute Gasteiger partial charge is 0.241 e. The number of carbonyl (C=O) groups excluding carboxylic acids is 2. The Morgan fingerprint density at radius 1 is 0.897 bits per heavy atom. The van der Waals surface area contributed by atoms with Crippen LogP contribution in [0.4, 0.5) is 4.39 Å². The predicted octanol–water partition coefficient (Wildman–Crippen LogP) is 0.890. The molecule has 3 fully saturated rings. The number of amides is 2. The van der Waals surface area contributed by atoms with E-state index in [1.165, 1.54) is 18.6 Å². The van der Waals surface area contributed by atoms with Gasteiger partial charge in [0, 0.05) is 45.3 Å². The maximum atomic E-state index is 13.1. The summed E-state index contributed by atoms with van der Waals surface area (Å²) in [6.07, 6.45) is 4.07. The van der Waals surface area contributed by atoms with Crippen LogP contribution in [-0.4, -0.2) is 78.4 Å². The normalized spacial score (nSPS) is 26.0. The number of hydrazine groups is 1. The Labute approximate surface area is 171 Å². The molecule has 4 rings (SSSR count). The zero-order valence-electron chi connectivity index (χ0n) is 16.8. The largest absolute Gasteiger partial charge is 0.342 e. The lowest BCUT2D eigenvalue weighted by Crippen LogP contribution is -2.55. The average Bonchev–Trinajstić information content (AvgIpc) is 3.25. The molecule has 1 aromatic carbocycles. The molecule has 2 amide bonds. The number of halogens is 1. The summed E-state index contributed by atoms with van der Waals surface area (Å²) in [7, 11) is 0. The molecule has 3 heterocycles. The highest BCUT2D eigenvalue weighted by Crippen LogP contribution is 2.23. The van der Waals surface area contributed by atoms with Crippen molar-refractivity contribution in [3.63, 3.8) is 0 Å².